The summed E-state index contributed by atoms with van der Waals surface area (Å²) in [7, 11) is 1.53. The number of nitrogens with one attached hydrogen (secondary N) is 2. The summed E-state index contributed by atoms with van der Waals surface area (Å²) in [5, 5.41) is 15.2. The van der Waals surface area contributed by atoms with Crippen LogP contribution in [0.15, 0.2) is 72.8 Å². The summed E-state index contributed by atoms with van der Waals surface area (Å²) in [5.41, 5.74) is 3.27. The fourth-order valence-corrected chi connectivity index (χ4v) is 2.51. The van der Waals surface area contributed by atoms with Crippen molar-refractivity contribution in [3.8, 4) is 11.8 Å². The SMILES string of the molecule is COc1ccccc1C(=O)Nc1ccc(Nc2ccccc2C#N)cc1. The van der Waals surface area contributed by atoms with Crippen molar-refractivity contribution in [3.05, 3.63) is 83.9 Å². The molecule has 0 atom stereocenters. The van der Waals surface area contributed by atoms with Crippen molar-refractivity contribution in [1.82, 2.24) is 0 Å². The van der Waals surface area contributed by atoms with Crippen LogP contribution >= 0.6 is 0 Å². The van der Waals surface area contributed by atoms with E-state index in [0.717, 1.165) is 11.4 Å². The Kier molecular flexibility index (Phi) is 5.16. The van der Waals surface area contributed by atoms with Gasteiger partial charge in [0.25, 0.3) is 5.91 Å². The van der Waals surface area contributed by atoms with Gasteiger partial charge in [0, 0.05) is 11.4 Å². The molecule has 0 aliphatic carbocycles. The topological polar surface area (TPSA) is 74.2 Å². The normalized spacial score (nSPS) is 9.85. The summed E-state index contributed by atoms with van der Waals surface area (Å²) >= 11 is 0. The average molecular weight is 343 g/mol. The second-order valence-corrected chi connectivity index (χ2v) is 5.51. The third kappa shape index (κ3) is 3.82. The minimum Gasteiger partial charge on any atom is -0.496 e. The van der Waals surface area contributed by atoms with Crippen LogP contribution in [0.4, 0.5) is 17.1 Å². The van der Waals surface area contributed by atoms with Crippen LogP contribution in [0.1, 0.15) is 15.9 Å². The third-order valence-electron chi connectivity index (χ3n) is 3.82. The van der Waals surface area contributed by atoms with E-state index in [4.69, 9.17) is 10.00 Å². The Labute approximate surface area is 151 Å². The zero-order valence-corrected chi connectivity index (χ0v) is 14.2. The van der Waals surface area contributed by atoms with Crippen LogP contribution in [0.2, 0.25) is 0 Å². The number of carbonyl (C=O) groups is 1. The third-order valence-corrected chi connectivity index (χ3v) is 3.82. The minimum atomic E-state index is -0.238. The van der Waals surface area contributed by atoms with Crippen molar-refractivity contribution in [1.29, 1.82) is 5.26 Å². The Morgan fingerprint density at radius 3 is 2.31 bits per heavy atom. The first kappa shape index (κ1) is 17.1. The number of amides is 1. The molecular weight excluding hydrogens is 326 g/mol. The number of nitrogens with zero attached hydrogens (tertiary/aromatic N) is 1. The van der Waals surface area contributed by atoms with Gasteiger partial charge in [0.1, 0.15) is 11.8 Å². The lowest BCUT2D eigenvalue weighted by Crippen LogP contribution is -2.13. The first-order valence-corrected chi connectivity index (χ1v) is 8.02. The zero-order chi connectivity index (χ0) is 18.4. The van der Waals surface area contributed by atoms with E-state index in [0.29, 0.717) is 22.6 Å². The lowest BCUT2D eigenvalue weighted by atomic mass is 10.1. The molecule has 0 radical (unpaired) electrons. The van der Waals surface area contributed by atoms with Crippen molar-refractivity contribution in [2.75, 3.05) is 17.7 Å². The predicted molar refractivity (Wildman–Crippen MR) is 102 cm³/mol. The van der Waals surface area contributed by atoms with Crippen molar-refractivity contribution < 1.29 is 9.53 Å². The van der Waals surface area contributed by atoms with E-state index in [-0.39, 0.29) is 5.91 Å². The quantitative estimate of drug-likeness (QED) is 0.712. The molecular formula is C21H17N3O2. The van der Waals surface area contributed by atoms with Gasteiger partial charge in [-0.25, -0.2) is 0 Å². The number of para-hydroxylation sites is 2. The Morgan fingerprint density at radius 2 is 1.58 bits per heavy atom. The van der Waals surface area contributed by atoms with E-state index < -0.39 is 0 Å². The number of hydrogen-bond acceptors (Lipinski definition) is 4. The van der Waals surface area contributed by atoms with Gasteiger partial charge >= 0.3 is 0 Å². The van der Waals surface area contributed by atoms with E-state index in [1.807, 2.05) is 36.4 Å². The van der Waals surface area contributed by atoms with Gasteiger partial charge in [0.2, 0.25) is 0 Å². The molecule has 0 fully saturated rings. The molecule has 5 heteroatoms. The minimum absolute atomic E-state index is 0.238. The van der Waals surface area contributed by atoms with E-state index in [2.05, 4.69) is 16.7 Å². The summed E-state index contributed by atoms with van der Waals surface area (Å²) in [6.45, 7) is 0. The fraction of sp³-hybridized carbons (Fsp3) is 0.0476. The Hall–Kier alpha value is -3.78. The van der Waals surface area contributed by atoms with Gasteiger partial charge in [-0.1, -0.05) is 24.3 Å². The number of benzene rings is 3. The highest BCUT2D eigenvalue weighted by Gasteiger charge is 2.11. The molecule has 0 saturated heterocycles. The van der Waals surface area contributed by atoms with Gasteiger partial charge in [0.05, 0.1) is 23.9 Å². The molecule has 128 valence electrons. The molecule has 3 rings (SSSR count). The fourth-order valence-electron chi connectivity index (χ4n) is 2.51. The van der Waals surface area contributed by atoms with Gasteiger partial charge in [-0.2, -0.15) is 5.26 Å². The van der Waals surface area contributed by atoms with Crippen LogP contribution in [-0.2, 0) is 0 Å². The first-order valence-electron chi connectivity index (χ1n) is 8.02. The van der Waals surface area contributed by atoms with Crippen LogP contribution in [-0.4, -0.2) is 13.0 Å². The Bertz CT molecular complexity index is 959. The summed E-state index contributed by atoms with van der Waals surface area (Å²) in [5.74, 6) is 0.286. The van der Waals surface area contributed by atoms with Crippen LogP contribution in [0.3, 0.4) is 0 Å². The lowest BCUT2D eigenvalue weighted by molar-refractivity contribution is 0.102. The monoisotopic (exact) mass is 343 g/mol. The maximum Gasteiger partial charge on any atom is 0.259 e. The number of ether oxygens (including phenoxy) is 1. The molecule has 5 nitrogen and oxygen atoms in total. The molecule has 0 heterocycles. The smallest absolute Gasteiger partial charge is 0.259 e. The highest BCUT2D eigenvalue weighted by atomic mass is 16.5. The van der Waals surface area contributed by atoms with Gasteiger partial charge < -0.3 is 15.4 Å². The zero-order valence-electron chi connectivity index (χ0n) is 14.2. The number of anilines is 3. The second kappa shape index (κ2) is 7.86. The molecule has 0 aliphatic heterocycles. The van der Waals surface area contributed by atoms with E-state index >= 15 is 0 Å². The van der Waals surface area contributed by atoms with Crippen molar-refractivity contribution in [3.63, 3.8) is 0 Å². The Balaban J connectivity index is 1.72. The molecule has 2 N–H and O–H groups in total. The molecule has 0 unspecified atom stereocenters. The van der Waals surface area contributed by atoms with Crippen molar-refractivity contribution >= 4 is 23.0 Å². The van der Waals surface area contributed by atoms with E-state index in [1.165, 1.54) is 7.11 Å². The average Bonchev–Trinajstić information content (AvgIpc) is 2.69. The van der Waals surface area contributed by atoms with Crippen molar-refractivity contribution in [2.24, 2.45) is 0 Å². The summed E-state index contributed by atoms with van der Waals surface area (Å²) in [6, 6.07) is 23.8. The Morgan fingerprint density at radius 1 is 0.923 bits per heavy atom. The van der Waals surface area contributed by atoms with Crippen LogP contribution < -0.4 is 15.4 Å². The number of hydrogen-bond donors (Lipinski definition) is 2. The molecule has 0 aliphatic rings. The number of carbonyl (C=O) groups excluding carboxylic acids is 1. The number of rotatable bonds is 5. The van der Waals surface area contributed by atoms with Gasteiger partial charge in [-0.3, -0.25) is 4.79 Å². The van der Waals surface area contributed by atoms with Gasteiger partial charge in [0.15, 0.2) is 0 Å². The first-order chi connectivity index (χ1) is 12.7. The summed E-state index contributed by atoms with van der Waals surface area (Å²) < 4.78 is 5.21. The van der Waals surface area contributed by atoms with Crippen molar-refractivity contribution in [2.45, 2.75) is 0 Å². The molecule has 26 heavy (non-hydrogen) atoms. The highest BCUT2D eigenvalue weighted by molar-refractivity contribution is 6.06. The summed E-state index contributed by atoms with van der Waals surface area (Å²) in [6.07, 6.45) is 0. The molecule has 3 aromatic rings. The van der Waals surface area contributed by atoms with Crippen LogP contribution in [0.5, 0.6) is 5.75 Å². The lowest BCUT2D eigenvalue weighted by Gasteiger charge is -2.11. The molecule has 0 spiro atoms. The van der Waals surface area contributed by atoms with Gasteiger partial charge in [-0.05, 0) is 48.5 Å². The molecule has 0 aromatic heterocycles. The number of nitriles is 1. The number of methoxy groups -OCH3 is 1. The predicted octanol–water partition coefficient (Wildman–Crippen LogP) is 4.56. The van der Waals surface area contributed by atoms with E-state index in [1.54, 1.807) is 36.4 Å². The van der Waals surface area contributed by atoms with Gasteiger partial charge in [-0.15, -0.1) is 0 Å². The maximum atomic E-state index is 12.4. The maximum absolute atomic E-state index is 12.4. The molecule has 3 aromatic carbocycles. The van der Waals surface area contributed by atoms with Crippen LogP contribution in [0.25, 0.3) is 0 Å². The molecule has 0 saturated carbocycles. The van der Waals surface area contributed by atoms with E-state index in [9.17, 15) is 4.79 Å². The molecule has 0 bridgehead atoms. The molecule has 1 amide bonds. The van der Waals surface area contributed by atoms with Crippen LogP contribution in [0, 0.1) is 11.3 Å². The standard InChI is InChI=1S/C21H17N3O2/c1-26-20-9-5-3-7-18(20)21(25)24-17-12-10-16(11-13-17)23-19-8-4-2-6-15(19)14-22/h2-13,23H,1H3,(H,24,25). The second-order valence-electron chi connectivity index (χ2n) is 5.51. The largest absolute Gasteiger partial charge is 0.496 e. The summed E-state index contributed by atoms with van der Waals surface area (Å²) in [4.78, 5) is 12.4. The highest BCUT2D eigenvalue weighted by Crippen LogP contribution is 2.23.